The molecule has 26 heavy (non-hydrogen) atoms. The maximum Gasteiger partial charge on any atom is 0.123 e. The number of thiophene rings is 1. The highest BCUT2D eigenvalue weighted by atomic mass is 32.1. The average Bonchev–Trinajstić information content (AvgIpc) is 3.20. The van der Waals surface area contributed by atoms with Crippen molar-refractivity contribution in [2.24, 2.45) is 0 Å². The molecule has 0 aliphatic rings. The lowest BCUT2D eigenvalue weighted by Gasteiger charge is -2.05. The number of aromatic nitrogens is 1. The van der Waals surface area contributed by atoms with Gasteiger partial charge in [-0.05, 0) is 47.7 Å². The monoisotopic (exact) mass is 357 g/mol. The number of fused-ring (bicyclic) bond motifs is 2. The lowest BCUT2D eigenvalue weighted by Crippen LogP contribution is -1.82. The zero-order valence-corrected chi connectivity index (χ0v) is 15.0. The van der Waals surface area contributed by atoms with E-state index in [-0.39, 0.29) is 5.82 Å². The van der Waals surface area contributed by atoms with Crippen LogP contribution in [0.4, 0.5) is 4.39 Å². The summed E-state index contributed by atoms with van der Waals surface area (Å²) in [5.74, 6) is -0.215. The zero-order chi connectivity index (χ0) is 17.7. The molecule has 1 nitrogen and oxygen atoms in total. The molecule has 0 amide bonds. The summed E-state index contributed by atoms with van der Waals surface area (Å²) in [6.45, 7) is 2.16. The Kier molecular flexibility index (Phi) is 3.44. The van der Waals surface area contributed by atoms with Gasteiger partial charge in [0.15, 0.2) is 0 Å². The summed E-state index contributed by atoms with van der Waals surface area (Å²) in [6, 6.07) is 23.6. The normalized spacial score (nSPS) is 11.5. The van der Waals surface area contributed by atoms with Gasteiger partial charge in [-0.15, -0.1) is 11.3 Å². The molecule has 0 unspecified atom stereocenters. The third-order valence-corrected chi connectivity index (χ3v) is 6.18. The van der Waals surface area contributed by atoms with Gasteiger partial charge in [-0.1, -0.05) is 48.5 Å². The lowest BCUT2D eigenvalue weighted by molar-refractivity contribution is 0.630. The molecule has 126 valence electrons. The van der Waals surface area contributed by atoms with Gasteiger partial charge in [0.2, 0.25) is 0 Å². The van der Waals surface area contributed by atoms with Crippen LogP contribution in [0.25, 0.3) is 42.7 Å². The second kappa shape index (κ2) is 5.82. The molecule has 5 aromatic rings. The second-order valence-electron chi connectivity index (χ2n) is 6.48. The van der Waals surface area contributed by atoms with Crippen LogP contribution in [-0.4, -0.2) is 4.98 Å². The Hall–Kier alpha value is -2.91. The molecule has 0 bridgehead atoms. The van der Waals surface area contributed by atoms with Crippen molar-refractivity contribution in [2.75, 3.05) is 0 Å². The van der Waals surface area contributed by atoms with Crippen LogP contribution in [0.15, 0.2) is 72.8 Å². The maximum atomic E-state index is 14.0. The highest BCUT2D eigenvalue weighted by Gasteiger charge is 2.19. The van der Waals surface area contributed by atoms with Crippen molar-refractivity contribution in [1.29, 1.82) is 0 Å². The van der Waals surface area contributed by atoms with Crippen LogP contribution in [0.2, 0.25) is 0 Å². The molecule has 3 heteroatoms. The molecule has 0 fully saturated rings. The summed E-state index contributed by atoms with van der Waals surface area (Å²) in [5.41, 5.74) is 5.44. The number of hydrogen-bond donors (Lipinski definition) is 1. The Morgan fingerprint density at radius 2 is 1.62 bits per heavy atom. The Morgan fingerprint density at radius 3 is 2.42 bits per heavy atom. The van der Waals surface area contributed by atoms with Crippen molar-refractivity contribution in [1.82, 2.24) is 4.98 Å². The fourth-order valence-corrected chi connectivity index (χ4v) is 4.87. The average molecular weight is 357 g/mol. The molecule has 0 spiro atoms. The third kappa shape index (κ3) is 2.28. The topological polar surface area (TPSA) is 15.8 Å². The van der Waals surface area contributed by atoms with Gasteiger partial charge >= 0.3 is 0 Å². The van der Waals surface area contributed by atoms with Crippen LogP contribution >= 0.6 is 11.3 Å². The lowest BCUT2D eigenvalue weighted by atomic mass is 10.00. The van der Waals surface area contributed by atoms with E-state index >= 15 is 0 Å². The van der Waals surface area contributed by atoms with Gasteiger partial charge in [0.25, 0.3) is 0 Å². The van der Waals surface area contributed by atoms with Gasteiger partial charge in [0.05, 0.1) is 10.6 Å². The molecule has 1 N–H and O–H groups in total. The number of halogens is 1. The van der Waals surface area contributed by atoms with Gasteiger partial charge < -0.3 is 4.98 Å². The Morgan fingerprint density at radius 1 is 0.846 bits per heavy atom. The van der Waals surface area contributed by atoms with E-state index in [0.717, 1.165) is 27.7 Å². The van der Waals surface area contributed by atoms with Crippen LogP contribution in [0.5, 0.6) is 0 Å². The van der Waals surface area contributed by atoms with E-state index < -0.39 is 0 Å². The van der Waals surface area contributed by atoms with E-state index in [9.17, 15) is 4.39 Å². The second-order valence-corrected chi connectivity index (χ2v) is 7.54. The Bertz CT molecular complexity index is 1250. The number of benzene rings is 3. The van der Waals surface area contributed by atoms with Crippen molar-refractivity contribution in [3.8, 4) is 21.7 Å². The van der Waals surface area contributed by atoms with Crippen LogP contribution in [0.1, 0.15) is 5.56 Å². The summed E-state index contributed by atoms with van der Waals surface area (Å²) in [7, 11) is 0. The van der Waals surface area contributed by atoms with Crippen molar-refractivity contribution in [3.05, 3.63) is 84.2 Å². The number of aryl methyl sites for hydroxylation is 1. The smallest absolute Gasteiger partial charge is 0.123 e. The summed E-state index contributed by atoms with van der Waals surface area (Å²) in [6.07, 6.45) is 0. The largest absolute Gasteiger partial charge is 0.353 e. The summed E-state index contributed by atoms with van der Waals surface area (Å²) in [4.78, 5) is 4.76. The molecule has 0 aliphatic carbocycles. The molecular weight excluding hydrogens is 341 g/mol. The zero-order valence-electron chi connectivity index (χ0n) is 14.2. The molecular formula is C23H16FNS. The Balaban J connectivity index is 1.89. The first kappa shape index (κ1) is 15.4. The number of nitrogens with one attached hydrogen (secondary N) is 1. The number of rotatable bonds is 2. The van der Waals surface area contributed by atoms with Gasteiger partial charge in [-0.3, -0.25) is 0 Å². The minimum Gasteiger partial charge on any atom is -0.353 e. The fourth-order valence-electron chi connectivity index (χ4n) is 3.65. The summed E-state index contributed by atoms with van der Waals surface area (Å²) in [5, 5.41) is 2.19. The van der Waals surface area contributed by atoms with E-state index in [1.165, 1.54) is 26.6 Å². The minimum atomic E-state index is -0.215. The Labute approximate surface area is 154 Å². The van der Waals surface area contributed by atoms with Crippen molar-refractivity contribution in [2.45, 2.75) is 6.92 Å². The molecule has 0 saturated heterocycles. The molecule has 0 atom stereocenters. The quantitative estimate of drug-likeness (QED) is 0.345. The highest BCUT2D eigenvalue weighted by molar-refractivity contribution is 7.22. The molecule has 3 aromatic carbocycles. The maximum absolute atomic E-state index is 14.0. The van der Waals surface area contributed by atoms with Gasteiger partial charge in [-0.2, -0.15) is 0 Å². The number of hydrogen-bond acceptors (Lipinski definition) is 1. The van der Waals surface area contributed by atoms with Crippen molar-refractivity contribution >= 4 is 32.3 Å². The van der Waals surface area contributed by atoms with E-state index in [2.05, 4.69) is 48.3 Å². The van der Waals surface area contributed by atoms with Crippen LogP contribution in [0, 0.1) is 12.7 Å². The van der Waals surface area contributed by atoms with Gasteiger partial charge in [-0.25, -0.2) is 4.39 Å². The standard InChI is InChI=1S/C23H16FNS/c1-14-17-9-5-6-10-20(17)26-23(14)22-21(15-7-3-2-4-8-15)18-13-16(24)11-12-19(18)25-22/h2-13,25H,1H3. The predicted octanol–water partition coefficient (Wildman–Crippen LogP) is 7.16. The molecule has 2 aromatic heterocycles. The van der Waals surface area contributed by atoms with E-state index in [1.807, 2.05) is 24.3 Å². The van der Waals surface area contributed by atoms with E-state index in [1.54, 1.807) is 17.4 Å². The minimum absolute atomic E-state index is 0.215. The molecule has 0 radical (unpaired) electrons. The fraction of sp³-hybridized carbons (Fsp3) is 0.0435. The highest BCUT2D eigenvalue weighted by Crippen LogP contribution is 2.44. The first-order valence-corrected chi connectivity index (χ1v) is 9.39. The van der Waals surface area contributed by atoms with Gasteiger partial charge in [0, 0.05) is 21.2 Å². The SMILES string of the molecule is Cc1c(-c2[nH]c3ccc(F)cc3c2-c2ccccc2)sc2ccccc12. The third-order valence-electron chi connectivity index (χ3n) is 4.89. The molecule has 0 aliphatic heterocycles. The predicted molar refractivity (Wildman–Crippen MR) is 109 cm³/mol. The van der Waals surface area contributed by atoms with E-state index in [4.69, 9.17) is 0 Å². The summed E-state index contributed by atoms with van der Waals surface area (Å²) < 4.78 is 15.2. The van der Waals surface area contributed by atoms with Crippen molar-refractivity contribution in [3.63, 3.8) is 0 Å². The van der Waals surface area contributed by atoms with Crippen molar-refractivity contribution < 1.29 is 4.39 Å². The van der Waals surface area contributed by atoms with Crippen LogP contribution in [-0.2, 0) is 0 Å². The first-order valence-electron chi connectivity index (χ1n) is 8.57. The van der Waals surface area contributed by atoms with Crippen LogP contribution < -0.4 is 0 Å². The van der Waals surface area contributed by atoms with E-state index in [0.29, 0.717) is 0 Å². The van der Waals surface area contributed by atoms with Crippen LogP contribution in [0.3, 0.4) is 0 Å². The number of aromatic amines is 1. The molecule has 0 saturated carbocycles. The molecule has 5 rings (SSSR count). The first-order chi connectivity index (χ1) is 12.7. The van der Waals surface area contributed by atoms with Gasteiger partial charge in [0.1, 0.15) is 5.82 Å². The summed E-state index contributed by atoms with van der Waals surface area (Å²) >= 11 is 1.78. The number of H-pyrrole nitrogens is 1. The molecule has 2 heterocycles.